The Kier molecular flexibility index (Phi) is 4.63. The second-order valence-electron chi connectivity index (χ2n) is 7.09. The number of hydrogen-bond donors (Lipinski definition) is 4. The molecule has 0 aromatic rings. The van der Waals surface area contributed by atoms with Gasteiger partial charge in [0.2, 0.25) is 0 Å². The molecule has 0 amide bonds. The lowest BCUT2D eigenvalue weighted by molar-refractivity contribution is -0.137. The predicted octanol–water partition coefficient (Wildman–Crippen LogP) is -0.639. The molecule has 1 heterocycles. The number of nitrogens with one attached hydrogen (secondary N) is 1. The molecule has 0 saturated heterocycles. The second-order valence-corrected chi connectivity index (χ2v) is 7.09. The van der Waals surface area contributed by atoms with Crippen molar-refractivity contribution < 1.29 is 19.1 Å². The number of carbonyl (C=O) groups is 2. The van der Waals surface area contributed by atoms with Crippen molar-refractivity contribution in [2.24, 2.45) is 17.4 Å². The summed E-state index contributed by atoms with van der Waals surface area (Å²) in [4.78, 5) is 25.6. The number of halogens is 1. The first-order valence-corrected chi connectivity index (χ1v) is 8.49. The quantitative estimate of drug-likeness (QED) is 0.502. The second kappa shape index (κ2) is 6.42. The molecule has 5 unspecified atom stereocenters. The van der Waals surface area contributed by atoms with E-state index in [1.54, 1.807) is 0 Å². The third-order valence-corrected chi connectivity index (χ3v) is 5.59. The lowest BCUT2D eigenvalue weighted by atomic mass is 9.70. The summed E-state index contributed by atoms with van der Waals surface area (Å²) in [6.45, 7) is 2.42. The standard InChI is InChI=1S/C16H25FN4O3/c1-2-21-6-9(16(23)24)15(22)12-11(21)5-10(13(17)14(12)19)20-8-3-7(18)4-8/h6-8,10-14,20H,2-5,18-19H2,1H3,(H,23,24). The van der Waals surface area contributed by atoms with Crippen molar-refractivity contribution in [2.75, 3.05) is 6.54 Å². The van der Waals surface area contributed by atoms with Crippen LogP contribution in [0.3, 0.4) is 0 Å². The number of carboxylic acids is 1. The van der Waals surface area contributed by atoms with E-state index in [9.17, 15) is 19.1 Å². The third kappa shape index (κ3) is 2.82. The summed E-state index contributed by atoms with van der Waals surface area (Å²) in [5.74, 6) is -2.67. The van der Waals surface area contributed by atoms with Crippen LogP contribution in [0.2, 0.25) is 0 Å². The average Bonchev–Trinajstić information content (AvgIpc) is 2.50. The topological polar surface area (TPSA) is 122 Å². The van der Waals surface area contributed by atoms with Gasteiger partial charge in [-0.2, -0.15) is 0 Å². The molecule has 0 aromatic carbocycles. The molecule has 1 aliphatic heterocycles. The molecule has 0 spiro atoms. The van der Waals surface area contributed by atoms with Gasteiger partial charge in [-0.1, -0.05) is 0 Å². The van der Waals surface area contributed by atoms with Crippen LogP contribution in [0.15, 0.2) is 11.8 Å². The number of carbonyl (C=O) groups excluding carboxylic acids is 1. The van der Waals surface area contributed by atoms with Crippen molar-refractivity contribution in [2.45, 2.75) is 62.6 Å². The van der Waals surface area contributed by atoms with Crippen LogP contribution in [-0.2, 0) is 9.59 Å². The van der Waals surface area contributed by atoms with Crippen molar-refractivity contribution in [3.05, 3.63) is 11.8 Å². The summed E-state index contributed by atoms with van der Waals surface area (Å²) >= 11 is 0. The molecule has 7 nitrogen and oxygen atoms in total. The van der Waals surface area contributed by atoms with Gasteiger partial charge in [0.05, 0.1) is 5.92 Å². The van der Waals surface area contributed by atoms with Crippen LogP contribution < -0.4 is 16.8 Å². The highest BCUT2D eigenvalue weighted by Gasteiger charge is 2.52. The predicted molar refractivity (Wildman–Crippen MR) is 85.8 cm³/mol. The highest BCUT2D eigenvalue weighted by atomic mass is 19.1. The van der Waals surface area contributed by atoms with E-state index in [-0.39, 0.29) is 23.7 Å². The lowest BCUT2D eigenvalue weighted by Crippen LogP contribution is -2.67. The van der Waals surface area contributed by atoms with Crippen molar-refractivity contribution in [1.29, 1.82) is 0 Å². The zero-order valence-electron chi connectivity index (χ0n) is 13.7. The summed E-state index contributed by atoms with van der Waals surface area (Å²) in [6.07, 6.45) is 2.04. The minimum Gasteiger partial charge on any atom is -0.478 e. The number of nitrogens with zero attached hydrogens (tertiary/aromatic N) is 1. The molecule has 8 heteroatoms. The number of fused-ring (bicyclic) bond motifs is 1. The Labute approximate surface area is 140 Å². The van der Waals surface area contributed by atoms with Crippen LogP contribution >= 0.6 is 0 Å². The van der Waals surface area contributed by atoms with Gasteiger partial charge in [0, 0.05) is 43.0 Å². The first kappa shape index (κ1) is 17.3. The number of Topliss-reactive ketones (excluding diaryl/α,β-unsaturated/α-hetero) is 1. The summed E-state index contributed by atoms with van der Waals surface area (Å²) in [5.41, 5.74) is 11.5. The maximum Gasteiger partial charge on any atom is 0.340 e. The highest BCUT2D eigenvalue weighted by molar-refractivity contribution is 6.18. The van der Waals surface area contributed by atoms with Gasteiger partial charge in [-0.3, -0.25) is 4.79 Å². The molecular formula is C16H25FN4O3. The van der Waals surface area contributed by atoms with E-state index in [4.69, 9.17) is 11.5 Å². The summed E-state index contributed by atoms with van der Waals surface area (Å²) in [5, 5.41) is 12.5. The van der Waals surface area contributed by atoms with Gasteiger partial charge in [0.25, 0.3) is 0 Å². The Bertz CT molecular complexity index is 564. The molecule has 2 saturated carbocycles. The summed E-state index contributed by atoms with van der Waals surface area (Å²) in [7, 11) is 0. The molecule has 2 fully saturated rings. The number of ketones is 1. The van der Waals surface area contributed by atoms with E-state index in [1.807, 2.05) is 11.8 Å². The Morgan fingerprint density at radius 3 is 2.62 bits per heavy atom. The van der Waals surface area contributed by atoms with Crippen LogP contribution in [0.4, 0.5) is 4.39 Å². The number of carboxylic acid groups (broad SMARTS) is 1. The molecule has 5 atom stereocenters. The normalized spacial score (nSPS) is 42.2. The van der Waals surface area contributed by atoms with E-state index in [1.165, 1.54) is 6.20 Å². The molecular weight excluding hydrogens is 315 g/mol. The van der Waals surface area contributed by atoms with Crippen LogP contribution in [0.25, 0.3) is 0 Å². The van der Waals surface area contributed by atoms with Gasteiger partial charge in [0.15, 0.2) is 5.78 Å². The number of aliphatic carboxylic acids is 1. The SMILES string of the molecule is CCN1C=C(C(=O)O)C(=O)C2C(N)C(F)C(NC3CC(N)C3)CC21. The number of alkyl halides is 1. The first-order valence-electron chi connectivity index (χ1n) is 8.49. The molecule has 134 valence electrons. The van der Waals surface area contributed by atoms with Gasteiger partial charge < -0.3 is 26.8 Å². The molecule has 0 aromatic heterocycles. The smallest absolute Gasteiger partial charge is 0.340 e. The fraction of sp³-hybridized carbons (Fsp3) is 0.750. The monoisotopic (exact) mass is 340 g/mol. The summed E-state index contributed by atoms with van der Waals surface area (Å²) < 4.78 is 14.8. The molecule has 0 bridgehead atoms. The largest absolute Gasteiger partial charge is 0.478 e. The Morgan fingerprint density at radius 2 is 2.08 bits per heavy atom. The van der Waals surface area contributed by atoms with Crippen LogP contribution in [0.1, 0.15) is 26.2 Å². The number of rotatable bonds is 4. The molecule has 3 rings (SSSR count). The number of nitrogens with two attached hydrogens (primary N) is 2. The molecule has 0 radical (unpaired) electrons. The van der Waals surface area contributed by atoms with E-state index < -0.39 is 35.9 Å². The zero-order chi connectivity index (χ0) is 17.6. The molecule has 3 aliphatic rings. The maximum atomic E-state index is 14.8. The average molecular weight is 340 g/mol. The van der Waals surface area contributed by atoms with Gasteiger partial charge in [-0.05, 0) is 26.2 Å². The highest BCUT2D eigenvalue weighted by Crippen LogP contribution is 2.36. The van der Waals surface area contributed by atoms with E-state index >= 15 is 0 Å². The maximum absolute atomic E-state index is 14.8. The number of hydrogen-bond acceptors (Lipinski definition) is 6. The van der Waals surface area contributed by atoms with Crippen molar-refractivity contribution in [1.82, 2.24) is 10.2 Å². The van der Waals surface area contributed by atoms with Crippen LogP contribution in [-0.4, -0.2) is 64.7 Å². The molecule has 6 N–H and O–H groups in total. The first-order chi connectivity index (χ1) is 11.3. The van der Waals surface area contributed by atoms with Gasteiger partial charge in [-0.25, -0.2) is 9.18 Å². The molecule has 2 aliphatic carbocycles. The molecule has 24 heavy (non-hydrogen) atoms. The fourth-order valence-electron chi connectivity index (χ4n) is 4.20. The van der Waals surface area contributed by atoms with Crippen LogP contribution in [0.5, 0.6) is 0 Å². The zero-order valence-corrected chi connectivity index (χ0v) is 13.7. The van der Waals surface area contributed by atoms with Crippen molar-refractivity contribution in [3.63, 3.8) is 0 Å². The van der Waals surface area contributed by atoms with Crippen molar-refractivity contribution in [3.8, 4) is 0 Å². The van der Waals surface area contributed by atoms with Crippen molar-refractivity contribution >= 4 is 11.8 Å². The Hall–Kier alpha value is -1.51. The minimum absolute atomic E-state index is 0.162. The van der Waals surface area contributed by atoms with E-state index in [0.29, 0.717) is 13.0 Å². The fourth-order valence-corrected chi connectivity index (χ4v) is 4.20. The minimum atomic E-state index is -1.39. The van der Waals surface area contributed by atoms with Gasteiger partial charge in [0.1, 0.15) is 11.7 Å². The van der Waals surface area contributed by atoms with E-state index in [0.717, 1.165) is 12.8 Å². The van der Waals surface area contributed by atoms with Gasteiger partial charge in [-0.15, -0.1) is 0 Å². The summed E-state index contributed by atoms with van der Waals surface area (Å²) in [6, 6.07) is -1.39. The lowest BCUT2D eigenvalue weighted by Gasteiger charge is -2.49. The Morgan fingerprint density at radius 1 is 1.42 bits per heavy atom. The third-order valence-electron chi connectivity index (χ3n) is 5.59. The van der Waals surface area contributed by atoms with Gasteiger partial charge >= 0.3 is 5.97 Å². The van der Waals surface area contributed by atoms with Crippen LogP contribution in [0, 0.1) is 5.92 Å². The van der Waals surface area contributed by atoms with E-state index in [2.05, 4.69) is 5.32 Å². The Balaban J connectivity index is 1.82.